The predicted molar refractivity (Wildman–Crippen MR) is 166 cm³/mol. The number of aliphatic hydroxyl groups excluding tert-OH is 2. The zero-order chi connectivity index (χ0) is 34.3. The van der Waals surface area contributed by atoms with Gasteiger partial charge in [-0.3, -0.25) is 24.2 Å². The zero-order valence-electron chi connectivity index (χ0n) is 26.3. The van der Waals surface area contributed by atoms with Gasteiger partial charge in [0.25, 0.3) is 0 Å². The molecule has 7 atom stereocenters. The van der Waals surface area contributed by atoms with Crippen LogP contribution in [0.4, 0.5) is 8.78 Å². The molecule has 0 radical (unpaired) electrons. The second-order valence-electron chi connectivity index (χ2n) is 13.0. The summed E-state index contributed by atoms with van der Waals surface area (Å²) in [4.78, 5) is 46.4. The number of hydrogen-bond donors (Lipinski definition) is 4. The van der Waals surface area contributed by atoms with Crippen molar-refractivity contribution in [1.29, 1.82) is 0 Å². The molecule has 0 aromatic heterocycles. The maximum Gasteiger partial charge on any atom is 0.240 e. The number of likely N-dealkylation sites (tertiary alicyclic amines) is 1. The molecule has 4 aliphatic heterocycles. The van der Waals surface area contributed by atoms with Gasteiger partial charge in [-0.1, -0.05) is 18.2 Å². The average molecular weight is 692 g/mol. The molecule has 13 nitrogen and oxygen atoms in total. The van der Waals surface area contributed by atoms with Gasteiger partial charge in [-0.05, 0) is 41.8 Å². The monoisotopic (exact) mass is 691 g/mol. The van der Waals surface area contributed by atoms with E-state index in [9.17, 15) is 41.8 Å². The number of benzene rings is 2. The Morgan fingerprint density at radius 3 is 2.27 bits per heavy atom. The molecule has 3 amide bonds. The van der Waals surface area contributed by atoms with Gasteiger partial charge in [0.15, 0.2) is 21.5 Å². The maximum atomic E-state index is 14.2. The molecule has 16 heteroatoms. The number of sulfone groups is 1. The summed E-state index contributed by atoms with van der Waals surface area (Å²) in [6.07, 6.45) is -3.61. The Morgan fingerprint density at radius 1 is 0.875 bits per heavy atom. The molecule has 0 aliphatic carbocycles. The first-order valence-corrected chi connectivity index (χ1v) is 17.7. The number of fused-ring (bicyclic) bond motifs is 6. The Morgan fingerprint density at radius 2 is 1.56 bits per heavy atom. The Bertz CT molecular complexity index is 1660. The molecular formula is C32H39F2N5O8S. The fraction of sp³-hybridized carbons (Fsp3) is 0.531. The van der Waals surface area contributed by atoms with E-state index in [0.717, 1.165) is 24.0 Å². The fourth-order valence-corrected chi connectivity index (χ4v) is 7.64. The first kappa shape index (κ1) is 34.3. The van der Waals surface area contributed by atoms with Crippen molar-refractivity contribution in [2.75, 3.05) is 39.0 Å². The van der Waals surface area contributed by atoms with Gasteiger partial charge < -0.3 is 30.5 Å². The molecular weight excluding hydrogens is 652 g/mol. The lowest BCUT2D eigenvalue weighted by atomic mass is 10.0. The van der Waals surface area contributed by atoms with Crippen LogP contribution in [-0.2, 0) is 42.0 Å². The normalized spacial score (nSPS) is 30.7. The van der Waals surface area contributed by atoms with Crippen LogP contribution in [0, 0.1) is 11.6 Å². The minimum Gasteiger partial charge on any atom is -0.388 e. The summed E-state index contributed by atoms with van der Waals surface area (Å²) >= 11 is 0. The van der Waals surface area contributed by atoms with Crippen molar-refractivity contribution in [3.05, 3.63) is 65.2 Å². The Hall–Kier alpha value is -3.54. The van der Waals surface area contributed by atoms with E-state index in [0.29, 0.717) is 12.1 Å². The third kappa shape index (κ3) is 7.38. The van der Waals surface area contributed by atoms with Crippen LogP contribution in [0.1, 0.15) is 24.0 Å². The minimum atomic E-state index is -3.40. The van der Waals surface area contributed by atoms with Gasteiger partial charge in [-0.15, -0.1) is 0 Å². The van der Waals surface area contributed by atoms with Gasteiger partial charge in [-0.25, -0.2) is 17.2 Å². The molecule has 0 saturated carbocycles. The van der Waals surface area contributed by atoms with Crippen LogP contribution in [0.25, 0.3) is 0 Å². The third-order valence-electron chi connectivity index (χ3n) is 9.59. The van der Waals surface area contributed by atoms with Gasteiger partial charge in [0, 0.05) is 58.1 Å². The molecule has 4 fully saturated rings. The molecule has 2 aromatic rings. The van der Waals surface area contributed by atoms with E-state index >= 15 is 0 Å². The second kappa shape index (κ2) is 13.8. The summed E-state index contributed by atoms with van der Waals surface area (Å²) in [7, 11) is -3.40. The Labute approximate surface area is 276 Å². The van der Waals surface area contributed by atoms with Crippen molar-refractivity contribution in [2.45, 2.75) is 73.4 Å². The first-order chi connectivity index (χ1) is 22.8. The molecule has 4 N–H and O–H groups in total. The number of ether oxygens (including phenoxy) is 1. The predicted octanol–water partition coefficient (Wildman–Crippen LogP) is -0.850. The number of piperazine rings is 1. The topological polar surface area (TPSA) is 169 Å². The lowest BCUT2D eigenvalue weighted by Gasteiger charge is -2.42. The van der Waals surface area contributed by atoms with E-state index in [2.05, 4.69) is 10.6 Å². The van der Waals surface area contributed by atoms with E-state index < -0.39 is 75.8 Å². The lowest BCUT2D eigenvalue weighted by Crippen LogP contribution is -2.62. The molecule has 48 heavy (non-hydrogen) atoms. The summed E-state index contributed by atoms with van der Waals surface area (Å²) in [5.74, 6) is -3.16. The van der Waals surface area contributed by atoms with Crippen LogP contribution >= 0.6 is 0 Å². The largest absolute Gasteiger partial charge is 0.388 e. The number of amides is 3. The lowest BCUT2D eigenvalue weighted by molar-refractivity contribution is -0.142. The number of halogens is 2. The van der Waals surface area contributed by atoms with Crippen LogP contribution in [0.2, 0.25) is 0 Å². The van der Waals surface area contributed by atoms with Gasteiger partial charge in [0.05, 0.1) is 23.5 Å². The number of nitrogens with zero attached hydrogens (tertiary/aromatic N) is 3. The van der Waals surface area contributed by atoms with E-state index in [1.165, 1.54) is 18.2 Å². The SMILES string of the molecule is CS(=O)(=O)c1ccc(CN2C[C@@H]3C[C@H]2C(=O)N2CCN(Cc4ccc(F)c(F)c4)[C@@H](C2)C(=O)NC[C@H]2O[C@@H](CC(=O)N3)[C@H](O)[C@@H]2O)cc1. The first-order valence-electron chi connectivity index (χ1n) is 15.9. The van der Waals surface area contributed by atoms with Crippen molar-refractivity contribution in [2.24, 2.45) is 0 Å². The molecule has 6 bridgehead atoms. The molecule has 2 aromatic carbocycles. The van der Waals surface area contributed by atoms with E-state index in [1.54, 1.807) is 21.9 Å². The molecule has 0 unspecified atom stereocenters. The molecule has 4 aliphatic rings. The highest BCUT2D eigenvalue weighted by atomic mass is 32.2. The summed E-state index contributed by atoms with van der Waals surface area (Å²) < 4.78 is 57.4. The zero-order valence-corrected chi connectivity index (χ0v) is 27.1. The summed E-state index contributed by atoms with van der Waals surface area (Å²) in [5.41, 5.74) is 1.20. The van der Waals surface area contributed by atoms with Gasteiger partial charge in [0.2, 0.25) is 17.7 Å². The fourth-order valence-electron chi connectivity index (χ4n) is 7.01. The molecule has 4 heterocycles. The van der Waals surface area contributed by atoms with Crippen molar-refractivity contribution < 1.29 is 46.5 Å². The Kier molecular flexibility index (Phi) is 9.84. The van der Waals surface area contributed by atoms with Crippen LogP contribution < -0.4 is 10.6 Å². The maximum absolute atomic E-state index is 14.2. The summed E-state index contributed by atoms with van der Waals surface area (Å²) in [6.45, 7) is 0.989. The van der Waals surface area contributed by atoms with Crippen molar-refractivity contribution in [3.8, 4) is 0 Å². The smallest absolute Gasteiger partial charge is 0.240 e. The Balaban J connectivity index is 1.28. The highest BCUT2D eigenvalue weighted by Gasteiger charge is 2.46. The van der Waals surface area contributed by atoms with Crippen LogP contribution in [0.15, 0.2) is 47.4 Å². The highest BCUT2D eigenvalue weighted by molar-refractivity contribution is 7.90. The van der Waals surface area contributed by atoms with Crippen LogP contribution in [0.3, 0.4) is 0 Å². The van der Waals surface area contributed by atoms with E-state index in [-0.39, 0.29) is 62.9 Å². The van der Waals surface area contributed by atoms with Crippen molar-refractivity contribution in [1.82, 2.24) is 25.3 Å². The average Bonchev–Trinajstić information content (AvgIpc) is 3.55. The number of carbonyl (C=O) groups excluding carboxylic acids is 3. The molecule has 0 spiro atoms. The molecule has 4 saturated heterocycles. The standard InChI is InChI=1S/C32H39F2N5O8S/c1-48(45,46)21-5-2-18(3-6-21)14-39-16-20-11-24(39)32(44)38-9-8-37(15-19-4-7-22(33)23(34)10-19)25(17-38)31(43)35-13-27-30(42)29(41)26(47-27)12-28(40)36-20/h2-7,10,20,24-27,29-30,41-42H,8-9,11-17H2,1H3,(H,35,43)(H,36,40)/t20-,24-,25-,26-,27+,29-,30+/m0/s1. The summed E-state index contributed by atoms with van der Waals surface area (Å²) in [5, 5.41) is 27.0. The van der Waals surface area contributed by atoms with Crippen molar-refractivity contribution in [3.63, 3.8) is 0 Å². The highest BCUT2D eigenvalue weighted by Crippen LogP contribution is 2.28. The van der Waals surface area contributed by atoms with Gasteiger partial charge in [-0.2, -0.15) is 0 Å². The number of hydrogen-bond acceptors (Lipinski definition) is 10. The van der Waals surface area contributed by atoms with Crippen LogP contribution in [-0.4, -0.2) is 133 Å². The van der Waals surface area contributed by atoms with Crippen LogP contribution in [0.5, 0.6) is 0 Å². The third-order valence-corrected chi connectivity index (χ3v) is 10.7. The number of rotatable bonds is 5. The summed E-state index contributed by atoms with van der Waals surface area (Å²) in [6, 6.07) is 7.86. The van der Waals surface area contributed by atoms with Gasteiger partial charge >= 0.3 is 0 Å². The van der Waals surface area contributed by atoms with E-state index in [1.807, 2.05) is 4.90 Å². The number of nitrogens with one attached hydrogen (secondary N) is 2. The van der Waals surface area contributed by atoms with E-state index in [4.69, 9.17) is 4.74 Å². The molecule has 260 valence electrons. The van der Waals surface area contributed by atoms with Crippen molar-refractivity contribution >= 4 is 27.6 Å². The second-order valence-corrected chi connectivity index (χ2v) is 15.0. The van der Waals surface area contributed by atoms with Gasteiger partial charge in [0.1, 0.15) is 24.4 Å². The number of carbonyl (C=O) groups is 3. The quantitative estimate of drug-likeness (QED) is 0.310. The number of aliphatic hydroxyl groups is 2. The minimum absolute atomic E-state index is 0.0158. The molecule has 6 rings (SSSR count).